The number of unbranched alkanes of at least 4 members (excludes halogenated alkanes) is 1. The monoisotopic (exact) mass is 723 g/mol. The number of rotatable bonds is 12. The second kappa shape index (κ2) is 13.2. The molecule has 4 aliphatic rings. The van der Waals surface area contributed by atoms with Crippen LogP contribution in [0.4, 0.5) is 0 Å². The summed E-state index contributed by atoms with van der Waals surface area (Å²) in [5, 5.41) is 13.4. The average Bonchev–Trinajstić information content (AvgIpc) is 3.75. The van der Waals surface area contributed by atoms with Crippen molar-refractivity contribution in [3.05, 3.63) is 116 Å². The Morgan fingerprint density at radius 2 is 1.69 bits per heavy atom. The van der Waals surface area contributed by atoms with Gasteiger partial charge in [0, 0.05) is 52.1 Å². The van der Waals surface area contributed by atoms with Crippen molar-refractivity contribution < 1.29 is 43.2 Å². The second-order valence-electron chi connectivity index (χ2n) is 12.8. The van der Waals surface area contributed by atoms with Crippen molar-refractivity contribution in [3.63, 3.8) is 0 Å². The van der Waals surface area contributed by atoms with E-state index in [9.17, 15) is 24.3 Å². The summed E-state index contributed by atoms with van der Waals surface area (Å²) in [5.74, 6) is -0.670. The zero-order chi connectivity index (χ0) is 35.3. The van der Waals surface area contributed by atoms with E-state index in [1.807, 2.05) is 41.8 Å². The Bertz CT molecular complexity index is 2090. The minimum Gasteiger partial charge on any atom is -0.493 e. The summed E-state index contributed by atoms with van der Waals surface area (Å²) in [6, 6.07) is 20.6. The highest BCUT2D eigenvalue weighted by Gasteiger charge is 2.56. The molecule has 1 fully saturated rings. The molecule has 8 rings (SSSR count). The fourth-order valence-corrected chi connectivity index (χ4v) is 9.21. The van der Waals surface area contributed by atoms with Crippen LogP contribution in [0.15, 0.2) is 89.2 Å². The molecule has 1 spiro atoms. The molecule has 4 aromatic rings. The number of ketones is 1. The summed E-state index contributed by atoms with van der Waals surface area (Å²) in [6.45, 7) is 2.54. The van der Waals surface area contributed by atoms with E-state index in [2.05, 4.69) is 6.92 Å². The Morgan fingerprint density at radius 1 is 0.941 bits per heavy atom. The average molecular weight is 724 g/mol. The van der Waals surface area contributed by atoms with E-state index in [0.29, 0.717) is 57.4 Å². The molecule has 1 N–H and O–H groups in total. The highest BCUT2D eigenvalue weighted by Crippen LogP contribution is 2.57. The number of hydrogen-bond donors (Lipinski definition) is 1. The lowest BCUT2D eigenvalue weighted by molar-refractivity contribution is -0.163. The maximum absolute atomic E-state index is 13.2. The van der Waals surface area contributed by atoms with Gasteiger partial charge in [-0.2, -0.15) is 0 Å². The van der Waals surface area contributed by atoms with Crippen LogP contribution < -0.4 is 14.2 Å². The number of carboxylic acid groups (broad SMARTS) is 1. The maximum atomic E-state index is 13.2. The molecule has 12 heteroatoms. The van der Waals surface area contributed by atoms with Gasteiger partial charge in [-0.05, 0) is 53.6 Å². The molecule has 0 saturated carbocycles. The van der Waals surface area contributed by atoms with Gasteiger partial charge in [-0.3, -0.25) is 9.59 Å². The number of thioether (sulfide) groups is 1. The lowest BCUT2D eigenvalue weighted by atomic mass is 9.77. The Balaban J connectivity index is 1.04. The van der Waals surface area contributed by atoms with Crippen LogP contribution in [0.2, 0.25) is 0 Å². The number of esters is 1. The van der Waals surface area contributed by atoms with Crippen LogP contribution in [0.1, 0.15) is 58.1 Å². The van der Waals surface area contributed by atoms with Gasteiger partial charge in [0.05, 0.1) is 23.5 Å². The molecule has 260 valence electrons. The van der Waals surface area contributed by atoms with E-state index in [1.54, 1.807) is 41.8 Å². The maximum Gasteiger partial charge on any atom is 0.340 e. The fraction of sp³-hybridized carbons (Fsp3) is 0.282. The zero-order valence-corrected chi connectivity index (χ0v) is 29.2. The molecule has 5 heterocycles. The first kappa shape index (κ1) is 33.1. The molecule has 0 radical (unpaired) electrons. The molecule has 1 saturated heterocycles. The van der Waals surface area contributed by atoms with Crippen molar-refractivity contribution in [1.29, 1.82) is 0 Å². The van der Waals surface area contributed by atoms with Gasteiger partial charge >= 0.3 is 11.9 Å². The van der Waals surface area contributed by atoms with E-state index >= 15 is 0 Å². The van der Waals surface area contributed by atoms with E-state index in [-0.39, 0.29) is 31.1 Å². The third-order valence-electron chi connectivity index (χ3n) is 9.64. The summed E-state index contributed by atoms with van der Waals surface area (Å²) in [5.41, 5.74) is 1.59. The van der Waals surface area contributed by atoms with Gasteiger partial charge in [0.15, 0.2) is 11.6 Å². The van der Waals surface area contributed by atoms with E-state index in [0.717, 1.165) is 17.7 Å². The first-order chi connectivity index (χ1) is 24.8. The Kier molecular flexibility index (Phi) is 8.59. The number of carboxylic acids is 1. The molecular weight excluding hydrogens is 691 g/mol. The predicted octanol–water partition coefficient (Wildman–Crippen LogP) is 6.94. The fourth-order valence-electron chi connectivity index (χ4n) is 7.21. The number of fused-ring (bicyclic) bond motifs is 7. The highest BCUT2D eigenvalue weighted by atomic mass is 32.2. The third kappa shape index (κ3) is 5.66. The number of ether oxygens (including phenoxy) is 4. The number of amides is 1. The molecule has 1 amide bonds. The van der Waals surface area contributed by atoms with Gasteiger partial charge < -0.3 is 29.0 Å². The molecular formula is C39H33NO9S2. The van der Waals surface area contributed by atoms with Crippen molar-refractivity contribution in [3.8, 4) is 23.0 Å². The van der Waals surface area contributed by atoms with Gasteiger partial charge in [-0.25, -0.2) is 9.59 Å². The summed E-state index contributed by atoms with van der Waals surface area (Å²) in [4.78, 5) is 54.0. The molecule has 3 aromatic carbocycles. The smallest absolute Gasteiger partial charge is 0.340 e. The minimum absolute atomic E-state index is 0.0452. The standard InChI is InChI=1S/C39H33NO9S2/c1-2-3-14-46-24-10-12-30-32(18-24)48-33-19-25(11-13-31(33)39(30)29-9-5-4-8-27(29)38(45)49-39)47-20-22-21-51-36-28(35(42)40(36)34(22)37(43)44)17-23(41)16-26-7-6-15-50-26/h4-13,15,18-19,21,28,34,36H,2-3,14,16-17,20H2,1H3,(H,43,44). The van der Waals surface area contributed by atoms with Crippen LogP contribution in [0, 0.1) is 5.92 Å². The lowest BCUT2D eigenvalue weighted by Gasteiger charge is -2.51. The van der Waals surface area contributed by atoms with Crippen LogP contribution in [0.5, 0.6) is 23.0 Å². The van der Waals surface area contributed by atoms with Crippen LogP contribution in [-0.2, 0) is 31.1 Å². The molecule has 4 unspecified atom stereocenters. The van der Waals surface area contributed by atoms with Crippen molar-refractivity contribution >= 4 is 46.7 Å². The largest absolute Gasteiger partial charge is 0.493 e. The number of β-lactam (4-membered cyclic amide) rings is 1. The SMILES string of the molecule is CCCCOc1ccc2c(c1)Oc1cc(OCC3=CSC4C(CC(=O)Cc5cccs5)C(=O)N4C3C(=O)O)ccc1C21OC(=O)c2ccccc21. The van der Waals surface area contributed by atoms with E-state index < -0.39 is 34.9 Å². The van der Waals surface area contributed by atoms with E-state index in [4.69, 9.17) is 18.9 Å². The number of carbonyl (C=O) groups excluding carboxylic acids is 3. The van der Waals surface area contributed by atoms with Gasteiger partial charge in [-0.15, -0.1) is 23.1 Å². The molecule has 4 aliphatic heterocycles. The first-order valence-electron chi connectivity index (χ1n) is 16.8. The topological polar surface area (TPSA) is 129 Å². The van der Waals surface area contributed by atoms with Crippen LogP contribution in [0.25, 0.3) is 0 Å². The number of Topliss-reactive ketones (excluding diaryl/α,β-unsaturated/α-hetero) is 1. The molecule has 1 aromatic heterocycles. The lowest BCUT2D eigenvalue weighted by Crippen LogP contribution is -2.66. The number of aliphatic carboxylic acids is 1. The zero-order valence-electron chi connectivity index (χ0n) is 27.5. The number of benzene rings is 3. The second-order valence-corrected chi connectivity index (χ2v) is 14.9. The quantitative estimate of drug-likeness (QED) is 0.0932. The summed E-state index contributed by atoms with van der Waals surface area (Å²) < 4.78 is 24.8. The number of hydrogen-bond acceptors (Lipinski definition) is 10. The highest BCUT2D eigenvalue weighted by molar-refractivity contribution is 8.02. The van der Waals surface area contributed by atoms with Gasteiger partial charge in [0.25, 0.3) is 0 Å². The third-order valence-corrected chi connectivity index (χ3v) is 11.8. The summed E-state index contributed by atoms with van der Waals surface area (Å²) >= 11 is 2.82. The van der Waals surface area contributed by atoms with Crippen LogP contribution >= 0.6 is 23.1 Å². The molecule has 51 heavy (non-hydrogen) atoms. The number of nitrogens with zero attached hydrogens (tertiary/aromatic N) is 1. The van der Waals surface area contributed by atoms with E-state index in [1.165, 1.54) is 28.0 Å². The minimum atomic E-state index is -1.26. The van der Waals surface area contributed by atoms with Crippen LogP contribution in [0.3, 0.4) is 0 Å². The normalized spacial score (nSPS) is 22.4. The molecule has 10 nitrogen and oxygen atoms in total. The Morgan fingerprint density at radius 3 is 2.39 bits per heavy atom. The van der Waals surface area contributed by atoms with Gasteiger partial charge in [0.2, 0.25) is 5.91 Å². The summed E-state index contributed by atoms with van der Waals surface area (Å²) in [6.07, 6.45) is 2.22. The van der Waals surface area contributed by atoms with Gasteiger partial charge in [-0.1, -0.05) is 37.6 Å². The Hall–Kier alpha value is -5.07. The van der Waals surface area contributed by atoms with Crippen molar-refractivity contribution in [2.45, 2.75) is 49.6 Å². The van der Waals surface area contributed by atoms with Crippen molar-refractivity contribution in [1.82, 2.24) is 4.90 Å². The number of thiophene rings is 1. The molecule has 0 aliphatic carbocycles. The van der Waals surface area contributed by atoms with Crippen LogP contribution in [-0.4, -0.2) is 58.3 Å². The summed E-state index contributed by atoms with van der Waals surface area (Å²) in [7, 11) is 0. The number of carbonyl (C=O) groups is 4. The predicted molar refractivity (Wildman–Crippen MR) is 189 cm³/mol. The van der Waals surface area contributed by atoms with Crippen molar-refractivity contribution in [2.75, 3.05) is 13.2 Å². The van der Waals surface area contributed by atoms with Gasteiger partial charge in [0.1, 0.15) is 35.4 Å². The first-order valence-corrected chi connectivity index (χ1v) is 18.6. The van der Waals surface area contributed by atoms with Crippen molar-refractivity contribution in [2.24, 2.45) is 5.92 Å². The Labute approximate surface area is 302 Å². The molecule has 4 atom stereocenters. The molecule has 0 bridgehead atoms.